The number of carbonyl (C=O) groups excluding carboxylic acids is 1. The van der Waals surface area contributed by atoms with E-state index < -0.39 is 0 Å². The van der Waals surface area contributed by atoms with Gasteiger partial charge in [-0.2, -0.15) is 0 Å². The summed E-state index contributed by atoms with van der Waals surface area (Å²) in [7, 11) is 8.05. The molecule has 2 rings (SSSR count). The molecular formula is C21H26ClNO5. The topological polar surface area (TPSA) is 57.2 Å². The van der Waals surface area contributed by atoms with E-state index in [0.29, 0.717) is 47.4 Å². The van der Waals surface area contributed by atoms with Crippen molar-refractivity contribution in [3.63, 3.8) is 0 Å². The predicted octanol–water partition coefficient (Wildman–Crippen LogP) is 3.97. The van der Waals surface area contributed by atoms with Gasteiger partial charge in [-0.1, -0.05) is 17.7 Å². The molecule has 0 bridgehead atoms. The van der Waals surface area contributed by atoms with Gasteiger partial charge in [0.25, 0.3) is 0 Å². The van der Waals surface area contributed by atoms with Crippen molar-refractivity contribution in [2.24, 2.45) is 0 Å². The fourth-order valence-corrected chi connectivity index (χ4v) is 3.20. The van der Waals surface area contributed by atoms with E-state index in [4.69, 9.17) is 30.5 Å². The van der Waals surface area contributed by atoms with Gasteiger partial charge in [0.1, 0.15) is 5.75 Å². The Balaban J connectivity index is 2.09. The minimum Gasteiger partial charge on any atom is -0.496 e. The third-order valence-electron chi connectivity index (χ3n) is 4.47. The highest BCUT2D eigenvalue weighted by Crippen LogP contribution is 2.40. The minimum atomic E-state index is -0.00105. The lowest BCUT2D eigenvalue weighted by Crippen LogP contribution is -2.26. The van der Waals surface area contributed by atoms with E-state index in [-0.39, 0.29) is 5.91 Å². The summed E-state index contributed by atoms with van der Waals surface area (Å²) in [6, 6.07) is 9.05. The monoisotopic (exact) mass is 407 g/mol. The Morgan fingerprint density at radius 1 is 0.893 bits per heavy atom. The van der Waals surface area contributed by atoms with E-state index in [1.807, 2.05) is 18.2 Å². The number of halogens is 1. The smallest absolute Gasteiger partial charge is 0.222 e. The van der Waals surface area contributed by atoms with Crippen molar-refractivity contribution in [1.29, 1.82) is 0 Å². The summed E-state index contributed by atoms with van der Waals surface area (Å²) < 4.78 is 21.5. The maximum Gasteiger partial charge on any atom is 0.222 e. The number of methoxy groups -OCH3 is 4. The number of benzene rings is 2. The summed E-state index contributed by atoms with van der Waals surface area (Å²) in [5.74, 6) is 2.38. The van der Waals surface area contributed by atoms with Gasteiger partial charge in [-0.05, 0) is 36.2 Å². The zero-order valence-corrected chi connectivity index (χ0v) is 17.6. The van der Waals surface area contributed by atoms with Gasteiger partial charge in [0, 0.05) is 30.6 Å². The summed E-state index contributed by atoms with van der Waals surface area (Å²) in [5, 5.41) is 0.603. The second kappa shape index (κ2) is 10.1. The predicted molar refractivity (Wildman–Crippen MR) is 109 cm³/mol. The molecule has 7 heteroatoms. The molecule has 2 aromatic rings. The molecule has 6 nitrogen and oxygen atoms in total. The Morgan fingerprint density at radius 3 is 2.14 bits per heavy atom. The molecule has 0 fully saturated rings. The van der Waals surface area contributed by atoms with E-state index in [2.05, 4.69) is 0 Å². The molecule has 0 radical (unpaired) electrons. The first-order chi connectivity index (χ1) is 13.4. The maximum absolute atomic E-state index is 12.6. The molecule has 0 aliphatic rings. The van der Waals surface area contributed by atoms with Gasteiger partial charge in [0.2, 0.25) is 11.7 Å². The molecule has 152 valence electrons. The molecular weight excluding hydrogens is 382 g/mol. The molecule has 0 saturated heterocycles. The molecule has 0 heterocycles. The van der Waals surface area contributed by atoms with Crippen LogP contribution < -0.4 is 18.9 Å². The Kier molecular flexibility index (Phi) is 7.81. The normalized spacial score (nSPS) is 10.4. The van der Waals surface area contributed by atoms with Crippen LogP contribution in [0, 0.1) is 0 Å². The van der Waals surface area contributed by atoms with Gasteiger partial charge in [-0.3, -0.25) is 4.79 Å². The Labute approximate surface area is 170 Å². The van der Waals surface area contributed by atoms with Crippen molar-refractivity contribution in [2.75, 3.05) is 35.5 Å². The summed E-state index contributed by atoms with van der Waals surface area (Å²) in [5.41, 5.74) is 1.73. The average Bonchev–Trinajstić information content (AvgIpc) is 2.71. The third kappa shape index (κ3) is 5.01. The highest BCUT2D eigenvalue weighted by Gasteiger charge is 2.18. The van der Waals surface area contributed by atoms with Crippen LogP contribution in [0.3, 0.4) is 0 Å². The van der Waals surface area contributed by atoms with Crippen molar-refractivity contribution in [3.05, 3.63) is 46.5 Å². The molecule has 0 aromatic heterocycles. The van der Waals surface area contributed by atoms with Crippen LogP contribution in [0.25, 0.3) is 0 Å². The van der Waals surface area contributed by atoms with E-state index in [1.54, 1.807) is 52.5 Å². The number of aryl methyl sites for hydroxylation is 1. The van der Waals surface area contributed by atoms with Crippen LogP contribution in [-0.2, 0) is 17.8 Å². The molecule has 0 aliphatic carbocycles. The minimum absolute atomic E-state index is 0.00105. The molecule has 1 amide bonds. The summed E-state index contributed by atoms with van der Waals surface area (Å²) >= 11 is 6.07. The zero-order valence-electron chi connectivity index (χ0n) is 16.9. The van der Waals surface area contributed by atoms with E-state index in [9.17, 15) is 4.79 Å². The van der Waals surface area contributed by atoms with Crippen molar-refractivity contribution < 1.29 is 23.7 Å². The molecule has 0 aliphatic heterocycles. The van der Waals surface area contributed by atoms with Crippen molar-refractivity contribution in [3.8, 4) is 23.0 Å². The first-order valence-corrected chi connectivity index (χ1v) is 9.17. The molecule has 0 spiro atoms. The zero-order chi connectivity index (χ0) is 20.7. The number of ether oxygens (including phenoxy) is 4. The quantitative estimate of drug-likeness (QED) is 0.629. The molecule has 28 heavy (non-hydrogen) atoms. The van der Waals surface area contributed by atoms with E-state index in [0.717, 1.165) is 11.1 Å². The fourth-order valence-electron chi connectivity index (χ4n) is 3.01. The molecule has 0 atom stereocenters. The maximum atomic E-state index is 12.6. The number of hydrogen-bond acceptors (Lipinski definition) is 5. The summed E-state index contributed by atoms with van der Waals surface area (Å²) in [6.45, 7) is 0.408. The van der Waals surface area contributed by atoms with Gasteiger partial charge < -0.3 is 23.8 Å². The number of carbonyl (C=O) groups is 1. The van der Waals surface area contributed by atoms with Crippen molar-refractivity contribution >= 4 is 17.5 Å². The first-order valence-electron chi connectivity index (χ1n) is 8.79. The van der Waals surface area contributed by atoms with Gasteiger partial charge >= 0.3 is 0 Å². The van der Waals surface area contributed by atoms with Gasteiger partial charge in [-0.15, -0.1) is 0 Å². The Hall–Kier alpha value is -2.60. The van der Waals surface area contributed by atoms with Gasteiger partial charge in [0.15, 0.2) is 11.5 Å². The van der Waals surface area contributed by atoms with Crippen LogP contribution in [0.4, 0.5) is 0 Å². The van der Waals surface area contributed by atoms with Crippen molar-refractivity contribution in [1.82, 2.24) is 4.90 Å². The lowest BCUT2D eigenvalue weighted by Gasteiger charge is -2.20. The van der Waals surface area contributed by atoms with Crippen molar-refractivity contribution in [2.45, 2.75) is 19.4 Å². The van der Waals surface area contributed by atoms with Crippen LogP contribution in [-0.4, -0.2) is 46.3 Å². The first kappa shape index (κ1) is 21.7. The van der Waals surface area contributed by atoms with E-state index >= 15 is 0 Å². The highest BCUT2D eigenvalue weighted by atomic mass is 35.5. The number of hydrogen-bond donors (Lipinski definition) is 0. The molecule has 0 saturated carbocycles. The Morgan fingerprint density at radius 2 is 1.54 bits per heavy atom. The standard InChI is InChI=1S/C21H26ClNO5/c1-23(13-15-12-16(22)8-10-17(15)25-2)19(24)11-7-14-6-9-18(26-3)21(28-5)20(14)27-4/h6,8-10,12H,7,11,13H2,1-5H3. The van der Waals surface area contributed by atoms with Gasteiger partial charge in [-0.25, -0.2) is 0 Å². The average molecular weight is 408 g/mol. The van der Waals surface area contributed by atoms with Crippen LogP contribution in [0.15, 0.2) is 30.3 Å². The number of rotatable bonds is 9. The van der Waals surface area contributed by atoms with Gasteiger partial charge in [0.05, 0.1) is 28.4 Å². The lowest BCUT2D eigenvalue weighted by molar-refractivity contribution is -0.130. The number of nitrogens with zero attached hydrogens (tertiary/aromatic N) is 1. The summed E-state index contributed by atoms with van der Waals surface area (Å²) in [4.78, 5) is 14.3. The second-order valence-electron chi connectivity index (χ2n) is 6.20. The molecule has 2 aromatic carbocycles. The van der Waals surface area contributed by atoms with Crippen LogP contribution in [0.1, 0.15) is 17.5 Å². The second-order valence-corrected chi connectivity index (χ2v) is 6.64. The molecule has 0 unspecified atom stereocenters. The Bertz CT molecular complexity index is 825. The lowest BCUT2D eigenvalue weighted by atomic mass is 10.1. The third-order valence-corrected chi connectivity index (χ3v) is 4.70. The van der Waals surface area contributed by atoms with Crippen LogP contribution in [0.2, 0.25) is 5.02 Å². The van der Waals surface area contributed by atoms with Crippen LogP contribution >= 0.6 is 11.6 Å². The number of amides is 1. The fraction of sp³-hybridized carbons (Fsp3) is 0.381. The summed E-state index contributed by atoms with van der Waals surface area (Å²) in [6.07, 6.45) is 0.838. The van der Waals surface area contributed by atoms with Crippen LogP contribution in [0.5, 0.6) is 23.0 Å². The SMILES string of the molecule is COc1ccc(Cl)cc1CN(C)C(=O)CCc1ccc(OC)c(OC)c1OC. The highest BCUT2D eigenvalue weighted by molar-refractivity contribution is 6.30. The van der Waals surface area contributed by atoms with E-state index in [1.165, 1.54) is 0 Å². The largest absolute Gasteiger partial charge is 0.496 e. The molecule has 0 N–H and O–H groups in total.